The molecule has 1 aliphatic carbocycles. The van der Waals surface area contributed by atoms with Crippen LogP contribution in [0.2, 0.25) is 0 Å². The Morgan fingerprint density at radius 3 is 2.52 bits per heavy atom. The molecule has 0 aromatic heterocycles. The molecule has 0 spiro atoms. The van der Waals surface area contributed by atoms with Crippen LogP contribution in [0.1, 0.15) is 44.1 Å². The van der Waals surface area contributed by atoms with E-state index >= 15 is 0 Å². The summed E-state index contributed by atoms with van der Waals surface area (Å²) < 4.78 is 35.7. The molecule has 0 saturated carbocycles. The van der Waals surface area contributed by atoms with Gasteiger partial charge in [-0.3, -0.25) is 4.79 Å². The molecule has 0 saturated heterocycles. The third-order valence-electron chi connectivity index (χ3n) is 4.41. The number of amides is 1. The Bertz CT molecular complexity index is 711. The molecular weight excluding hydrogens is 341 g/mol. The van der Waals surface area contributed by atoms with Crippen molar-refractivity contribution < 1.29 is 17.6 Å². The van der Waals surface area contributed by atoms with E-state index in [0.29, 0.717) is 13.1 Å². The van der Waals surface area contributed by atoms with E-state index in [1.807, 2.05) is 0 Å². The van der Waals surface area contributed by atoms with Crippen molar-refractivity contribution in [3.05, 3.63) is 47.3 Å². The monoisotopic (exact) mass is 367 g/mol. The van der Waals surface area contributed by atoms with E-state index in [-0.39, 0.29) is 23.9 Å². The summed E-state index contributed by atoms with van der Waals surface area (Å²) in [6, 6.07) is 6.06. The second kappa shape index (κ2) is 9.13. The zero-order chi connectivity index (χ0) is 18.3. The number of allylic oxidation sites excluding steroid dienone is 1. The van der Waals surface area contributed by atoms with Crippen molar-refractivity contribution in [1.29, 1.82) is 0 Å². The Labute approximate surface area is 149 Å². The highest BCUT2D eigenvalue weighted by atomic mass is 32.2. The maximum Gasteiger partial charge on any atom is 0.223 e. The number of carbonyl (C=O) groups is 1. The Morgan fingerprint density at radius 2 is 1.92 bits per heavy atom. The smallest absolute Gasteiger partial charge is 0.223 e. The molecule has 25 heavy (non-hydrogen) atoms. The summed E-state index contributed by atoms with van der Waals surface area (Å²) in [5.74, 6) is -0.633. The quantitative estimate of drug-likeness (QED) is 0.661. The average molecular weight is 367 g/mol. The summed E-state index contributed by atoms with van der Waals surface area (Å²) in [7, 11) is -3.18. The second-order valence-corrected chi connectivity index (χ2v) is 8.94. The predicted octanol–water partition coefficient (Wildman–Crippen LogP) is 3.48. The molecule has 138 valence electrons. The Hall–Kier alpha value is -1.69. The molecule has 4 nitrogen and oxygen atoms in total. The topological polar surface area (TPSA) is 54.5 Å². The molecule has 2 rings (SSSR count). The summed E-state index contributed by atoms with van der Waals surface area (Å²) in [5.41, 5.74) is 2.21. The minimum Gasteiger partial charge on any atom is -0.338 e. The predicted molar refractivity (Wildman–Crippen MR) is 97.3 cm³/mol. The Kier molecular flexibility index (Phi) is 7.17. The maximum atomic E-state index is 13.1. The van der Waals surface area contributed by atoms with Crippen molar-refractivity contribution in [3.63, 3.8) is 0 Å². The van der Waals surface area contributed by atoms with E-state index in [1.54, 1.807) is 17.0 Å². The summed E-state index contributed by atoms with van der Waals surface area (Å²) in [5, 5.41) is 0. The van der Waals surface area contributed by atoms with E-state index in [4.69, 9.17) is 0 Å². The average Bonchev–Trinajstić information content (AvgIpc) is 2.58. The second-order valence-electron chi connectivity index (χ2n) is 6.68. The lowest BCUT2D eigenvalue weighted by atomic mass is 9.97. The van der Waals surface area contributed by atoms with Crippen LogP contribution < -0.4 is 0 Å². The van der Waals surface area contributed by atoms with Gasteiger partial charge in [0.05, 0.1) is 5.75 Å². The third kappa shape index (κ3) is 7.38. The van der Waals surface area contributed by atoms with Gasteiger partial charge in [0.1, 0.15) is 15.7 Å². The highest BCUT2D eigenvalue weighted by molar-refractivity contribution is 7.90. The maximum absolute atomic E-state index is 13.1. The first kappa shape index (κ1) is 19.6. The van der Waals surface area contributed by atoms with Gasteiger partial charge in [0.15, 0.2) is 0 Å². The molecule has 1 aromatic carbocycles. The molecule has 6 heteroatoms. The van der Waals surface area contributed by atoms with Gasteiger partial charge >= 0.3 is 0 Å². The largest absolute Gasteiger partial charge is 0.338 e. The van der Waals surface area contributed by atoms with Crippen molar-refractivity contribution in [3.8, 4) is 0 Å². The fourth-order valence-corrected chi connectivity index (χ4v) is 3.49. The van der Waals surface area contributed by atoms with Crippen molar-refractivity contribution in [2.75, 3.05) is 18.6 Å². The number of sulfone groups is 1. The first-order valence-corrected chi connectivity index (χ1v) is 10.8. The van der Waals surface area contributed by atoms with Crippen molar-refractivity contribution in [1.82, 2.24) is 4.90 Å². The van der Waals surface area contributed by atoms with Gasteiger partial charge < -0.3 is 4.90 Å². The zero-order valence-electron chi connectivity index (χ0n) is 14.7. The first-order chi connectivity index (χ1) is 11.8. The minimum atomic E-state index is -3.18. The van der Waals surface area contributed by atoms with E-state index in [9.17, 15) is 17.6 Å². The molecule has 0 atom stereocenters. The highest BCUT2D eigenvalue weighted by Crippen LogP contribution is 2.21. The molecule has 0 unspecified atom stereocenters. The normalized spacial score (nSPS) is 14.9. The summed E-state index contributed by atoms with van der Waals surface area (Å²) in [6.07, 6.45) is 8.75. The third-order valence-corrected chi connectivity index (χ3v) is 5.36. The standard InChI is InChI=1S/C19H26FNO3S/c1-25(23,24)14-12-19(22)21(13-11-16-5-3-2-4-6-16)15-17-7-9-18(20)10-8-17/h5,7-10H,2-4,6,11-15H2,1H3. The van der Waals surface area contributed by atoms with E-state index in [0.717, 1.165) is 31.1 Å². The summed E-state index contributed by atoms with van der Waals surface area (Å²) in [4.78, 5) is 14.2. The molecule has 0 bridgehead atoms. The lowest BCUT2D eigenvalue weighted by Gasteiger charge is -2.24. The fraction of sp³-hybridized carbons (Fsp3) is 0.526. The van der Waals surface area contributed by atoms with Crippen molar-refractivity contribution in [2.24, 2.45) is 0 Å². The number of rotatable bonds is 8. The van der Waals surface area contributed by atoms with Gasteiger partial charge in [-0.1, -0.05) is 23.8 Å². The van der Waals surface area contributed by atoms with Gasteiger partial charge in [0.2, 0.25) is 5.91 Å². The van der Waals surface area contributed by atoms with Crippen LogP contribution in [-0.4, -0.2) is 37.8 Å². The Morgan fingerprint density at radius 1 is 1.20 bits per heavy atom. The van der Waals surface area contributed by atoms with E-state index in [2.05, 4.69) is 6.08 Å². The van der Waals surface area contributed by atoms with Crippen LogP contribution in [0.5, 0.6) is 0 Å². The SMILES string of the molecule is CS(=O)(=O)CCC(=O)N(CCC1=CCCCC1)Cc1ccc(F)cc1. The highest BCUT2D eigenvalue weighted by Gasteiger charge is 2.17. The van der Waals surface area contributed by atoms with Gasteiger partial charge in [-0.15, -0.1) is 0 Å². The lowest BCUT2D eigenvalue weighted by molar-refractivity contribution is -0.131. The summed E-state index contributed by atoms with van der Waals surface area (Å²) in [6.45, 7) is 0.933. The van der Waals surface area contributed by atoms with Crippen LogP contribution in [0.3, 0.4) is 0 Å². The molecule has 0 radical (unpaired) electrons. The van der Waals surface area contributed by atoms with Crippen molar-refractivity contribution >= 4 is 15.7 Å². The first-order valence-electron chi connectivity index (χ1n) is 8.71. The fourth-order valence-electron chi connectivity index (χ4n) is 2.94. The number of hydrogen-bond acceptors (Lipinski definition) is 3. The van der Waals surface area contributed by atoms with Crippen LogP contribution in [0.25, 0.3) is 0 Å². The molecule has 1 amide bonds. The lowest BCUT2D eigenvalue weighted by Crippen LogP contribution is -2.33. The molecule has 0 aliphatic heterocycles. The van der Waals surface area contributed by atoms with Crippen LogP contribution in [0, 0.1) is 5.82 Å². The van der Waals surface area contributed by atoms with E-state index in [1.165, 1.54) is 30.5 Å². The number of hydrogen-bond donors (Lipinski definition) is 0. The van der Waals surface area contributed by atoms with E-state index < -0.39 is 9.84 Å². The molecular formula is C19H26FNO3S. The number of carbonyl (C=O) groups excluding carboxylic acids is 1. The molecule has 1 aliphatic rings. The molecule has 1 aromatic rings. The molecule has 0 N–H and O–H groups in total. The molecule has 0 fully saturated rings. The zero-order valence-corrected chi connectivity index (χ0v) is 15.5. The van der Waals surface area contributed by atoms with Crippen LogP contribution in [-0.2, 0) is 21.2 Å². The van der Waals surface area contributed by atoms with Gasteiger partial charge in [0, 0.05) is 25.8 Å². The van der Waals surface area contributed by atoms with Crippen molar-refractivity contribution in [2.45, 2.75) is 45.1 Å². The van der Waals surface area contributed by atoms with Gasteiger partial charge in [-0.25, -0.2) is 12.8 Å². The van der Waals surface area contributed by atoms with Crippen LogP contribution >= 0.6 is 0 Å². The van der Waals surface area contributed by atoms with Gasteiger partial charge in [0.25, 0.3) is 0 Å². The Balaban J connectivity index is 2.02. The van der Waals surface area contributed by atoms with Crippen LogP contribution in [0.4, 0.5) is 4.39 Å². The molecule has 0 heterocycles. The minimum absolute atomic E-state index is 0.0148. The summed E-state index contributed by atoms with van der Waals surface area (Å²) >= 11 is 0. The number of nitrogens with zero attached hydrogens (tertiary/aromatic N) is 1. The van der Waals surface area contributed by atoms with Crippen LogP contribution in [0.15, 0.2) is 35.9 Å². The number of benzene rings is 1. The number of halogens is 1. The van der Waals surface area contributed by atoms with Gasteiger partial charge in [-0.05, 0) is 49.8 Å². The van der Waals surface area contributed by atoms with Gasteiger partial charge in [-0.2, -0.15) is 0 Å².